The molecule has 0 radical (unpaired) electrons. The van der Waals surface area contributed by atoms with E-state index < -0.39 is 12.0 Å². The number of rotatable bonds is 15. The maximum absolute atomic E-state index is 12.9. The Balaban J connectivity index is 1.50. The zero-order chi connectivity index (χ0) is 24.1. The first kappa shape index (κ1) is 26.3. The van der Waals surface area contributed by atoms with E-state index >= 15 is 0 Å². The smallest absolute Gasteiger partial charge is 0.322 e. The Morgan fingerprint density at radius 1 is 0.824 bits per heavy atom. The summed E-state index contributed by atoms with van der Waals surface area (Å²) in [6.45, 7) is -0.447. The van der Waals surface area contributed by atoms with E-state index in [1.165, 1.54) is 56.1 Å². The fraction of sp³-hybridized carbons (Fsp3) is 0.484. The third-order valence-electron chi connectivity index (χ3n) is 6.95. The lowest BCUT2D eigenvalue weighted by Gasteiger charge is -2.32. The number of unbranched alkanes of at least 4 members (excludes halogenated alkanes) is 6. The fourth-order valence-electron chi connectivity index (χ4n) is 4.71. The van der Waals surface area contributed by atoms with Gasteiger partial charge < -0.3 is 4.74 Å². The van der Waals surface area contributed by atoms with Crippen LogP contribution in [0.3, 0.4) is 0 Å². The van der Waals surface area contributed by atoms with E-state index in [1.54, 1.807) is 0 Å². The molecule has 0 spiro atoms. The first-order chi connectivity index (χ1) is 16.6. The van der Waals surface area contributed by atoms with Crippen LogP contribution in [0, 0.1) is 5.41 Å². The first-order valence-corrected chi connectivity index (χ1v) is 13.0. The highest BCUT2D eigenvalue weighted by atomic mass is 19.3. The minimum atomic E-state index is -2.74. The summed E-state index contributed by atoms with van der Waals surface area (Å²) in [5.41, 5.74) is 4.54. The largest absolute Gasteiger partial charge is 0.345 e. The monoisotopic (exact) mass is 466 g/mol. The molecule has 0 amide bonds. The van der Waals surface area contributed by atoms with Gasteiger partial charge in [0.25, 0.3) is 0 Å². The van der Waals surface area contributed by atoms with E-state index in [9.17, 15) is 8.78 Å². The van der Waals surface area contributed by atoms with E-state index in [2.05, 4.69) is 61.5 Å². The maximum Gasteiger partial charge on any atom is 0.345 e. The van der Waals surface area contributed by atoms with Gasteiger partial charge in [0, 0.05) is 5.41 Å². The van der Waals surface area contributed by atoms with Crippen LogP contribution in [0.2, 0.25) is 0 Å². The lowest BCUT2D eigenvalue weighted by Crippen LogP contribution is -2.28. The zero-order valence-corrected chi connectivity index (χ0v) is 20.7. The topological polar surface area (TPSA) is 9.23 Å². The van der Waals surface area contributed by atoms with Crippen molar-refractivity contribution in [3.8, 4) is 0 Å². The summed E-state index contributed by atoms with van der Waals surface area (Å²) in [6, 6.07) is 19.1. The lowest BCUT2D eigenvalue weighted by molar-refractivity contribution is -0.147. The standard InChI is InChI=1S/C31H40F2O/c1-2-3-4-5-6-7-9-12-26-15-17-27(18-16-26)19-22-31(25-34-30(32)33)23-20-29(21-24-31)28-13-10-8-11-14-28/h8,10-11,13-18,20-21,23,30H,2-7,9,12,19,22,24-25H2,1H3. The van der Waals surface area contributed by atoms with Crippen molar-refractivity contribution in [2.24, 2.45) is 5.41 Å². The Kier molecular flexibility index (Phi) is 11.0. The van der Waals surface area contributed by atoms with Gasteiger partial charge in [0.2, 0.25) is 0 Å². The van der Waals surface area contributed by atoms with Crippen LogP contribution in [-0.2, 0) is 17.6 Å². The molecule has 0 saturated carbocycles. The van der Waals surface area contributed by atoms with Crippen molar-refractivity contribution in [2.75, 3.05) is 6.61 Å². The second kappa shape index (κ2) is 14.2. The van der Waals surface area contributed by atoms with Crippen LogP contribution in [0.4, 0.5) is 8.78 Å². The molecular formula is C31H40F2O. The van der Waals surface area contributed by atoms with Gasteiger partial charge in [0.15, 0.2) is 0 Å². The molecule has 0 fully saturated rings. The average molecular weight is 467 g/mol. The van der Waals surface area contributed by atoms with Crippen LogP contribution in [-0.4, -0.2) is 13.2 Å². The van der Waals surface area contributed by atoms with Crippen molar-refractivity contribution in [3.05, 3.63) is 89.5 Å². The van der Waals surface area contributed by atoms with Crippen LogP contribution in [0.5, 0.6) is 0 Å². The molecule has 2 aromatic rings. The highest BCUT2D eigenvalue weighted by molar-refractivity contribution is 5.75. The Morgan fingerprint density at radius 2 is 1.47 bits per heavy atom. The number of alkyl halides is 2. The molecule has 0 saturated heterocycles. The Bertz CT molecular complexity index is 885. The Labute approximate surface area is 204 Å². The molecule has 2 aromatic carbocycles. The van der Waals surface area contributed by atoms with E-state index in [-0.39, 0.29) is 6.61 Å². The van der Waals surface area contributed by atoms with Gasteiger partial charge in [-0.1, -0.05) is 118 Å². The van der Waals surface area contributed by atoms with Gasteiger partial charge in [-0.3, -0.25) is 0 Å². The molecule has 0 heterocycles. The summed E-state index contributed by atoms with van der Waals surface area (Å²) in [4.78, 5) is 0. The molecule has 1 atom stereocenters. The summed E-state index contributed by atoms with van der Waals surface area (Å²) in [5, 5.41) is 0. The van der Waals surface area contributed by atoms with Gasteiger partial charge in [-0.25, -0.2) is 0 Å². The second-order valence-corrected chi connectivity index (χ2v) is 9.68. The fourth-order valence-corrected chi connectivity index (χ4v) is 4.71. The summed E-state index contributed by atoms with van der Waals surface area (Å²) in [7, 11) is 0. The molecule has 1 aliphatic carbocycles. The van der Waals surface area contributed by atoms with Crippen LogP contribution < -0.4 is 0 Å². The van der Waals surface area contributed by atoms with Crippen molar-refractivity contribution in [3.63, 3.8) is 0 Å². The van der Waals surface area contributed by atoms with Gasteiger partial charge in [-0.05, 0) is 54.4 Å². The molecule has 1 unspecified atom stereocenters. The van der Waals surface area contributed by atoms with Crippen molar-refractivity contribution in [2.45, 2.75) is 84.2 Å². The predicted octanol–water partition coefficient (Wildman–Crippen LogP) is 9.18. The van der Waals surface area contributed by atoms with Crippen molar-refractivity contribution in [1.82, 2.24) is 0 Å². The summed E-state index contributed by atoms with van der Waals surface area (Å²) < 4.78 is 30.5. The number of halogens is 2. The lowest BCUT2D eigenvalue weighted by atomic mass is 9.75. The van der Waals surface area contributed by atoms with Crippen molar-refractivity contribution in [1.29, 1.82) is 0 Å². The first-order valence-electron chi connectivity index (χ1n) is 13.0. The summed E-state index contributed by atoms with van der Waals surface area (Å²) >= 11 is 0. The molecule has 1 aliphatic rings. The highest BCUT2D eigenvalue weighted by Gasteiger charge is 2.30. The Hall–Kier alpha value is -2.26. The van der Waals surface area contributed by atoms with Gasteiger partial charge in [0.05, 0.1) is 6.61 Å². The van der Waals surface area contributed by atoms with E-state index in [0.717, 1.165) is 30.4 Å². The van der Waals surface area contributed by atoms with Crippen LogP contribution in [0.15, 0.2) is 72.8 Å². The maximum atomic E-state index is 12.9. The molecular weight excluding hydrogens is 426 g/mol. The minimum absolute atomic E-state index is 0.0378. The molecule has 0 N–H and O–H groups in total. The predicted molar refractivity (Wildman–Crippen MR) is 139 cm³/mol. The van der Waals surface area contributed by atoms with Crippen LogP contribution >= 0.6 is 0 Å². The van der Waals surface area contributed by atoms with Gasteiger partial charge in [-0.15, -0.1) is 0 Å². The summed E-state index contributed by atoms with van der Waals surface area (Å²) in [6.07, 6.45) is 19.1. The molecule has 184 valence electrons. The minimum Gasteiger partial charge on any atom is -0.322 e. The molecule has 0 aliphatic heterocycles. The third kappa shape index (κ3) is 8.83. The van der Waals surface area contributed by atoms with Crippen molar-refractivity contribution >= 4 is 5.57 Å². The number of aryl methyl sites for hydroxylation is 2. The van der Waals surface area contributed by atoms with E-state index in [4.69, 9.17) is 4.74 Å². The molecule has 3 heteroatoms. The third-order valence-corrected chi connectivity index (χ3v) is 6.95. The highest BCUT2D eigenvalue weighted by Crippen LogP contribution is 2.38. The molecule has 3 rings (SSSR count). The van der Waals surface area contributed by atoms with Crippen LogP contribution in [0.1, 0.15) is 81.4 Å². The van der Waals surface area contributed by atoms with Gasteiger partial charge >= 0.3 is 6.61 Å². The Morgan fingerprint density at radius 3 is 2.09 bits per heavy atom. The van der Waals surface area contributed by atoms with Gasteiger partial charge in [-0.2, -0.15) is 8.78 Å². The molecule has 0 bridgehead atoms. The SMILES string of the molecule is CCCCCCCCCc1ccc(CCC2(COC(F)F)C=CC(c3ccccc3)=CC2)cc1. The average Bonchev–Trinajstić information content (AvgIpc) is 2.87. The van der Waals surface area contributed by atoms with Crippen LogP contribution in [0.25, 0.3) is 5.57 Å². The molecule has 34 heavy (non-hydrogen) atoms. The molecule has 1 nitrogen and oxygen atoms in total. The summed E-state index contributed by atoms with van der Waals surface area (Å²) in [5.74, 6) is 0. The number of hydrogen-bond donors (Lipinski definition) is 0. The quantitative estimate of drug-likeness (QED) is 0.238. The van der Waals surface area contributed by atoms with E-state index in [0.29, 0.717) is 6.42 Å². The number of hydrogen-bond acceptors (Lipinski definition) is 1. The van der Waals surface area contributed by atoms with Crippen molar-refractivity contribution < 1.29 is 13.5 Å². The van der Waals surface area contributed by atoms with Gasteiger partial charge in [0.1, 0.15) is 0 Å². The second-order valence-electron chi connectivity index (χ2n) is 9.68. The number of benzene rings is 2. The molecule has 0 aromatic heterocycles. The number of allylic oxidation sites excluding steroid dienone is 3. The zero-order valence-electron chi connectivity index (χ0n) is 20.7. The normalized spacial score (nSPS) is 17.8. The van der Waals surface area contributed by atoms with E-state index in [1.807, 2.05) is 18.2 Å². The number of ether oxygens (including phenoxy) is 1.